The van der Waals surface area contributed by atoms with Gasteiger partial charge in [-0.2, -0.15) is 4.31 Å². The number of aliphatic hydroxyl groups is 1. The van der Waals surface area contributed by atoms with Crippen molar-refractivity contribution < 1.29 is 27.9 Å². The van der Waals surface area contributed by atoms with Crippen LogP contribution < -0.4 is 15.4 Å². The number of aryl methyl sites for hydroxylation is 1. The Labute approximate surface area is 231 Å². The summed E-state index contributed by atoms with van der Waals surface area (Å²) in [6.45, 7) is 9.37. The molecule has 214 valence electrons. The van der Waals surface area contributed by atoms with E-state index >= 15 is 0 Å². The molecule has 0 bridgehead atoms. The first-order valence-corrected chi connectivity index (χ1v) is 14.6. The van der Waals surface area contributed by atoms with Crippen LogP contribution >= 0.6 is 0 Å². The Balaban J connectivity index is 1.95. The highest BCUT2D eigenvalue weighted by atomic mass is 32.2. The summed E-state index contributed by atoms with van der Waals surface area (Å²) >= 11 is 0. The number of urea groups is 1. The van der Waals surface area contributed by atoms with E-state index in [2.05, 4.69) is 10.6 Å². The molecule has 3 N–H and O–H groups in total. The number of aliphatic hydroxyl groups excluding tert-OH is 1. The van der Waals surface area contributed by atoms with Crippen LogP contribution in [0, 0.1) is 12.8 Å². The van der Waals surface area contributed by atoms with Gasteiger partial charge in [-0.05, 0) is 58.0 Å². The van der Waals surface area contributed by atoms with Crippen molar-refractivity contribution in [1.82, 2.24) is 14.5 Å². The van der Waals surface area contributed by atoms with Crippen LogP contribution in [-0.4, -0.2) is 79.6 Å². The van der Waals surface area contributed by atoms with E-state index in [1.54, 1.807) is 54.3 Å². The summed E-state index contributed by atoms with van der Waals surface area (Å²) in [7, 11) is -2.27. The monoisotopic (exact) mass is 560 g/mol. The second-order valence-corrected chi connectivity index (χ2v) is 12.6. The number of amides is 3. The van der Waals surface area contributed by atoms with Crippen LogP contribution in [0.25, 0.3) is 0 Å². The largest absolute Gasteiger partial charge is 0.488 e. The number of nitrogens with zero attached hydrogens (tertiary/aromatic N) is 2. The Morgan fingerprint density at radius 2 is 1.85 bits per heavy atom. The van der Waals surface area contributed by atoms with Crippen molar-refractivity contribution >= 4 is 27.6 Å². The van der Waals surface area contributed by atoms with Crippen LogP contribution in [0.3, 0.4) is 0 Å². The minimum Gasteiger partial charge on any atom is -0.488 e. The first-order valence-electron chi connectivity index (χ1n) is 13.1. The van der Waals surface area contributed by atoms with Gasteiger partial charge >= 0.3 is 6.03 Å². The van der Waals surface area contributed by atoms with Crippen LogP contribution in [0.4, 0.5) is 10.5 Å². The highest BCUT2D eigenvalue weighted by molar-refractivity contribution is 7.89. The lowest BCUT2D eigenvalue weighted by molar-refractivity contribution is -0.134. The van der Waals surface area contributed by atoms with Crippen LogP contribution in [-0.2, 0) is 21.2 Å². The van der Waals surface area contributed by atoms with E-state index in [-0.39, 0.29) is 54.9 Å². The minimum atomic E-state index is -3.78. The highest BCUT2D eigenvalue weighted by Gasteiger charge is 2.33. The Morgan fingerprint density at radius 1 is 1.18 bits per heavy atom. The molecule has 0 saturated carbocycles. The maximum absolute atomic E-state index is 13.4. The van der Waals surface area contributed by atoms with Gasteiger partial charge in [-0.3, -0.25) is 4.79 Å². The molecule has 0 aliphatic carbocycles. The summed E-state index contributed by atoms with van der Waals surface area (Å²) in [6.07, 6.45) is -0.603. The fourth-order valence-electron chi connectivity index (χ4n) is 4.40. The van der Waals surface area contributed by atoms with E-state index in [4.69, 9.17) is 4.74 Å². The van der Waals surface area contributed by atoms with Gasteiger partial charge in [0.2, 0.25) is 15.9 Å². The first kappa shape index (κ1) is 30.4. The van der Waals surface area contributed by atoms with Crippen LogP contribution in [0.5, 0.6) is 5.75 Å². The van der Waals surface area contributed by atoms with E-state index in [9.17, 15) is 23.1 Å². The predicted octanol–water partition coefficient (Wildman–Crippen LogP) is 2.99. The average Bonchev–Trinajstić information content (AvgIpc) is 2.91. The molecule has 2 aromatic carbocycles. The smallest absolute Gasteiger partial charge is 0.319 e. The number of hydrogen-bond acceptors (Lipinski definition) is 6. The van der Waals surface area contributed by atoms with Crippen molar-refractivity contribution in [3.05, 3.63) is 53.6 Å². The van der Waals surface area contributed by atoms with Gasteiger partial charge in [0.1, 0.15) is 11.9 Å². The molecule has 0 aromatic heterocycles. The van der Waals surface area contributed by atoms with E-state index in [0.29, 0.717) is 17.0 Å². The van der Waals surface area contributed by atoms with Crippen molar-refractivity contribution in [1.29, 1.82) is 0 Å². The van der Waals surface area contributed by atoms with Crippen molar-refractivity contribution in [2.45, 2.75) is 64.1 Å². The molecular weight excluding hydrogens is 520 g/mol. The van der Waals surface area contributed by atoms with Crippen molar-refractivity contribution in [3.63, 3.8) is 0 Å². The Bertz CT molecular complexity index is 1270. The third-order valence-corrected chi connectivity index (χ3v) is 8.60. The average molecular weight is 561 g/mol. The summed E-state index contributed by atoms with van der Waals surface area (Å²) in [4.78, 5) is 27.4. The summed E-state index contributed by atoms with van der Waals surface area (Å²) in [5.41, 5.74) is 2.01. The molecule has 0 fully saturated rings. The van der Waals surface area contributed by atoms with Crippen LogP contribution in [0.15, 0.2) is 47.4 Å². The fraction of sp³-hybridized carbons (Fsp3) is 0.500. The Hall–Kier alpha value is -3.15. The normalized spacial score (nSPS) is 19.0. The molecule has 1 aliphatic rings. The van der Waals surface area contributed by atoms with Gasteiger partial charge in [0, 0.05) is 36.8 Å². The zero-order chi connectivity index (χ0) is 28.9. The number of anilines is 1. The number of benzene rings is 2. The minimum absolute atomic E-state index is 0.00205. The molecule has 0 spiro atoms. The van der Waals surface area contributed by atoms with Gasteiger partial charge in [-0.25, -0.2) is 13.2 Å². The zero-order valence-electron chi connectivity index (χ0n) is 23.5. The highest BCUT2D eigenvalue weighted by Crippen LogP contribution is 2.30. The van der Waals surface area contributed by atoms with Gasteiger partial charge in [-0.15, -0.1) is 0 Å². The Morgan fingerprint density at radius 3 is 2.46 bits per heavy atom. The SMILES string of the molecule is Cc1ccc(S(=O)(=O)N(C)C[C@H]2Oc3ccc(NC(=O)NC(C)C)cc3CC(=O)N([C@@H](C)CO)C[C@H]2C)cc1. The molecule has 10 nitrogen and oxygen atoms in total. The van der Waals surface area contributed by atoms with Gasteiger partial charge in [0.15, 0.2) is 0 Å². The molecule has 0 saturated heterocycles. The molecule has 3 rings (SSSR count). The summed E-state index contributed by atoms with van der Waals surface area (Å²) in [5.74, 6) is -0.0212. The van der Waals surface area contributed by atoms with Gasteiger partial charge in [-0.1, -0.05) is 24.6 Å². The standard InChI is InChI=1S/C28H40N4O6S/c1-18(2)29-28(35)30-23-9-12-25-22(13-23)14-27(34)32(21(5)17-33)15-20(4)26(38-25)16-31(6)39(36,37)24-10-7-19(3)8-11-24/h7-13,18,20-21,26,33H,14-17H2,1-6H3,(H2,29,30,35)/t20-,21+,26-/m1/s1. The maximum atomic E-state index is 13.4. The number of sulfonamides is 1. The van der Waals surface area contributed by atoms with E-state index in [1.807, 2.05) is 27.7 Å². The first-order chi connectivity index (χ1) is 18.3. The third-order valence-electron chi connectivity index (χ3n) is 6.76. The number of likely N-dealkylation sites (N-methyl/N-ethyl adjacent to an activating group) is 1. The number of nitrogens with one attached hydrogen (secondary N) is 2. The molecule has 3 atom stereocenters. The van der Waals surface area contributed by atoms with Crippen molar-refractivity contribution in [2.24, 2.45) is 5.92 Å². The maximum Gasteiger partial charge on any atom is 0.319 e. The molecular formula is C28H40N4O6S. The predicted molar refractivity (Wildman–Crippen MR) is 150 cm³/mol. The second kappa shape index (κ2) is 12.8. The lowest BCUT2D eigenvalue weighted by atomic mass is 10.0. The summed E-state index contributed by atoms with van der Waals surface area (Å²) in [5, 5.41) is 15.4. The molecule has 11 heteroatoms. The zero-order valence-corrected chi connectivity index (χ0v) is 24.3. The van der Waals surface area contributed by atoms with Crippen molar-refractivity contribution in [2.75, 3.05) is 32.1 Å². The number of fused-ring (bicyclic) bond motifs is 1. The van der Waals surface area contributed by atoms with Crippen molar-refractivity contribution in [3.8, 4) is 5.75 Å². The van der Waals surface area contributed by atoms with Crippen LogP contribution in [0.2, 0.25) is 0 Å². The fourth-order valence-corrected chi connectivity index (χ4v) is 5.58. The summed E-state index contributed by atoms with van der Waals surface area (Å²) in [6, 6.07) is 10.9. The molecule has 39 heavy (non-hydrogen) atoms. The topological polar surface area (TPSA) is 128 Å². The lowest BCUT2D eigenvalue weighted by Crippen LogP contribution is -2.48. The van der Waals surface area contributed by atoms with E-state index in [1.165, 1.54) is 11.4 Å². The number of hydrogen-bond donors (Lipinski definition) is 3. The number of carbonyl (C=O) groups excluding carboxylic acids is 2. The molecule has 3 amide bonds. The number of carbonyl (C=O) groups is 2. The molecule has 1 heterocycles. The van der Waals surface area contributed by atoms with Gasteiger partial charge in [0.25, 0.3) is 0 Å². The molecule has 0 unspecified atom stereocenters. The number of ether oxygens (including phenoxy) is 1. The van der Waals surface area contributed by atoms with Gasteiger partial charge < -0.3 is 25.4 Å². The molecule has 1 aliphatic heterocycles. The lowest BCUT2D eigenvalue weighted by Gasteiger charge is -2.33. The quantitative estimate of drug-likeness (QED) is 0.455. The molecule has 0 radical (unpaired) electrons. The third kappa shape index (κ3) is 7.71. The van der Waals surface area contributed by atoms with E-state index in [0.717, 1.165) is 5.56 Å². The second-order valence-electron chi connectivity index (χ2n) is 10.6. The van der Waals surface area contributed by atoms with Crippen LogP contribution in [0.1, 0.15) is 38.8 Å². The Kier molecular flexibility index (Phi) is 9.98. The van der Waals surface area contributed by atoms with Gasteiger partial charge in [0.05, 0.1) is 30.5 Å². The summed E-state index contributed by atoms with van der Waals surface area (Å²) < 4.78 is 34.3. The molecule has 2 aromatic rings. The van der Waals surface area contributed by atoms with E-state index < -0.39 is 22.2 Å². The number of rotatable bonds is 8.